The molecule has 6 amide bonds. The van der Waals surface area contributed by atoms with Crippen molar-refractivity contribution in [2.75, 3.05) is 186 Å². The highest BCUT2D eigenvalue weighted by atomic mass is 35.5. The molecule has 42 heteroatoms. The van der Waals surface area contributed by atoms with Gasteiger partial charge in [-0.05, 0) is 72.7 Å². The first kappa shape index (κ1) is 95.0. The standard InChI is InChI=1S/C83H115ClN26O12S3/c1-7-54(3)74(85)63-52-109(101-99-63)65(48-58-12-16-60(111)17-13-58)78(118)105-32-36-107(37-33-105)81-96-80(97-82(98-81)108-38-34-106(35-39-108)79(119)66(49-59-14-18-61(112)19-15-59)110-53-64(100-102-110)75(86)55(4)8-2)90-25-42-121-45-44-120-41-24-87-70(113)20-21-71(114)88-26-46-123-124-47-27-89-72(115)22-23-73(116)122-43-40-103-28-30-104(31-29-103)69-50-68(92-57(6)93-69)94-83-91-51-67(125-83)77(117)95-76-56(5)10-9-11-62(76)84/h9-19,50-55,65-66,74-75,111-112H,7-8,20-49,85-86H2,1-6H3,(H,87,113)(H,88,114)(H,89,115)(H,95,117)(H,90,96,97,98)(H,91,92,93,94)/t54-,55-,65-,66-,74-,75-/m0/s1. The normalized spacial score (nSPS) is 15.3. The molecule has 674 valence electrons. The Kier molecular flexibility index (Phi) is 36.6. The molecule has 0 radical (unpaired) electrons. The quantitative estimate of drug-likeness (QED) is 0.0111. The number of carbonyl (C=O) groups is 7. The van der Waals surface area contributed by atoms with Gasteiger partial charge in [-0.2, -0.15) is 15.0 Å². The molecular weight excluding hydrogens is 1680 g/mol. The molecule has 3 saturated heterocycles. The maximum atomic E-state index is 14.7. The van der Waals surface area contributed by atoms with Crippen LogP contribution in [0.25, 0.3) is 0 Å². The van der Waals surface area contributed by atoms with Crippen molar-refractivity contribution in [2.24, 2.45) is 23.3 Å². The first-order valence-electron chi connectivity index (χ1n) is 42.4. The van der Waals surface area contributed by atoms with Crippen molar-refractivity contribution in [3.8, 4) is 11.5 Å². The number of ether oxygens (including phenoxy) is 3. The number of aromatic nitrogens is 12. The number of para-hydroxylation sites is 1. The van der Waals surface area contributed by atoms with Crippen LogP contribution in [0.2, 0.25) is 5.02 Å². The van der Waals surface area contributed by atoms with E-state index in [0.29, 0.717) is 178 Å². The molecule has 5 aromatic heterocycles. The molecule has 3 aliphatic rings. The van der Waals surface area contributed by atoms with Gasteiger partial charge in [0.05, 0.1) is 85.6 Å². The zero-order chi connectivity index (χ0) is 88.7. The Hall–Kier alpha value is -10.7. The van der Waals surface area contributed by atoms with Crippen molar-refractivity contribution >= 4 is 126 Å². The van der Waals surface area contributed by atoms with Gasteiger partial charge in [-0.25, -0.2) is 24.3 Å². The zero-order valence-corrected chi connectivity index (χ0v) is 74.7. The van der Waals surface area contributed by atoms with Crippen LogP contribution in [0.3, 0.4) is 0 Å². The van der Waals surface area contributed by atoms with E-state index in [9.17, 15) is 43.8 Å². The number of rotatable bonds is 47. The fraction of sp³-hybridized carbons (Fsp3) is 0.530. The van der Waals surface area contributed by atoms with E-state index in [1.165, 1.54) is 17.5 Å². The number of halogens is 1. The van der Waals surface area contributed by atoms with E-state index in [1.54, 1.807) is 97.9 Å². The van der Waals surface area contributed by atoms with Crippen LogP contribution < -0.4 is 58.1 Å². The highest BCUT2D eigenvalue weighted by molar-refractivity contribution is 8.76. The lowest BCUT2D eigenvalue weighted by Gasteiger charge is -2.38. The third-order valence-electron chi connectivity index (χ3n) is 21.9. The minimum atomic E-state index is -0.748. The average Bonchev–Trinajstić information content (AvgIpc) is 1.77. The van der Waals surface area contributed by atoms with Crippen molar-refractivity contribution in [1.29, 1.82) is 0 Å². The number of hydrogen-bond donors (Lipinski definition) is 10. The molecule has 8 heterocycles. The van der Waals surface area contributed by atoms with Crippen molar-refractivity contribution in [3.63, 3.8) is 0 Å². The summed E-state index contributed by atoms with van der Waals surface area (Å²) in [5.41, 5.74) is 17.4. The van der Waals surface area contributed by atoms with Crippen molar-refractivity contribution in [1.82, 2.24) is 90.5 Å². The van der Waals surface area contributed by atoms with Gasteiger partial charge >= 0.3 is 5.97 Å². The molecule has 3 aliphatic heterocycles. The molecule has 11 rings (SSSR count). The van der Waals surface area contributed by atoms with E-state index in [4.69, 9.17) is 52.2 Å². The van der Waals surface area contributed by atoms with Crippen LogP contribution in [0, 0.1) is 25.7 Å². The molecule has 0 saturated carbocycles. The van der Waals surface area contributed by atoms with Crippen LogP contribution in [-0.2, 0) is 55.8 Å². The monoisotopic (exact) mass is 1800 g/mol. The lowest BCUT2D eigenvalue weighted by molar-refractivity contribution is -0.145. The van der Waals surface area contributed by atoms with E-state index < -0.39 is 18.1 Å². The smallest absolute Gasteiger partial charge is 0.306 e. The number of nitrogens with two attached hydrogens (primary N) is 2. The molecule has 0 spiro atoms. The number of anilines is 7. The van der Waals surface area contributed by atoms with E-state index in [-0.39, 0.29) is 136 Å². The Bertz CT molecular complexity index is 4640. The van der Waals surface area contributed by atoms with Gasteiger partial charge in [0, 0.05) is 161 Å². The Labute approximate surface area is 744 Å². The summed E-state index contributed by atoms with van der Waals surface area (Å²) in [7, 11) is 3.09. The summed E-state index contributed by atoms with van der Waals surface area (Å²) in [4.78, 5) is 133. The molecule has 38 nitrogen and oxygen atoms in total. The number of nitrogens with one attached hydrogen (secondary N) is 6. The summed E-state index contributed by atoms with van der Waals surface area (Å²) in [5.74, 6) is 2.91. The van der Waals surface area contributed by atoms with Crippen molar-refractivity contribution < 1.29 is 58.0 Å². The van der Waals surface area contributed by atoms with Gasteiger partial charge in [-0.15, -0.1) is 10.2 Å². The summed E-state index contributed by atoms with van der Waals surface area (Å²) in [6.07, 6.45) is 7.33. The lowest BCUT2D eigenvalue weighted by Crippen LogP contribution is -2.52. The SMILES string of the molecule is CC[C@H](C)[C@H](N)c1cn([C@@H](Cc2ccc(O)cc2)C(=O)N2CCN(c3nc(NCCOCCOCCNC(=O)CCC(=O)NCCSSCCNC(=O)CCC(=O)OCCN4CCN(c5cc(Nc6ncc(C(=O)Nc7c(C)cccc7Cl)s6)nc(C)n5)CC4)nc(N4CCN(C(=O)[C@H](Cc5ccc(O)cc5)n5cc([C@@H](N)[C@@H](C)CC)nn5)CC4)n3)CC2)nn1. The van der Waals surface area contributed by atoms with E-state index in [2.05, 4.69) is 105 Å². The second kappa shape index (κ2) is 48.2. The number of aryl methyl sites for hydroxylation is 2. The second-order valence-corrected chi connectivity index (χ2v) is 35.0. The number of phenols is 2. The van der Waals surface area contributed by atoms with Gasteiger partial charge in [-0.3, -0.25) is 38.5 Å². The van der Waals surface area contributed by atoms with Gasteiger partial charge in [0.15, 0.2) is 5.13 Å². The van der Waals surface area contributed by atoms with Crippen LogP contribution >= 0.6 is 44.5 Å². The molecule has 3 aromatic carbocycles. The predicted octanol–water partition coefficient (Wildman–Crippen LogP) is 6.44. The molecular formula is C83H115ClN26O12S3. The average molecular weight is 1800 g/mol. The van der Waals surface area contributed by atoms with Gasteiger partial charge in [0.2, 0.25) is 47.4 Å². The third kappa shape index (κ3) is 28.9. The molecule has 6 atom stereocenters. The Balaban J connectivity index is 0.546. The summed E-state index contributed by atoms with van der Waals surface area (Å²) >= 11 is 7.51. The molecule has 12 N–H and O–H groups in total. The minimum absolute atomic E-state index is 0.0140. The highest BCUT2D eigenvalue weighted by Crippen LogP contribution is 2.32. The van der Waals surface area contributed by atoms with Crippen molar-refractivity contribution in [2.45, 2.75) is 117 Å². The number of carbonyl (C=O) groups excluding carboxylic acids is 7. The number of phenolic OH excluding ortho intramolecular Hbond substituents is 2. The molecule has 8 aromatic rings. The number of amides is 6. The van der Waals surface area contributed by atoms with Gasteiger partial charge in [-0.1, -0.05) is 132 Å². The molecule has 125 heavy (non-hydrogen) atoms. The van der Waals surface area contributed by atoms with E-state index in [1.807, 2.05) is 51.6 Å². The fourth-order valence-corrected chi connectivity index (χ4v) is 16.7. The molecule has 0 bridgehead atoms. The van der Waals surface area contributed by atoms with Gasteiger partial charge in [0.25, 0.3) is 5.91 Å². The highest BCUT2D eigenvalue weighted by Gasteiger charge is 2.36. The maximum absolute atomic E-state index is 14.7. The second-order valence-electron chi connectivity index (χ2n) is 30.8. The minimum Gasteiger partial charge on any atom is -0.508 e. The van der Waals surface area contributed by atoms with E-state index in [0.717, 1.165) is 48.4 Å². The first-order valence-corrected chi connectivity index (χ1v) is 46.1. The largest absolute Gasteiger partial charge is 0.508 e. The van der Waals surface area contributed by atoms with Crippen molar-refractivity contribution in [3.05, 3.63) is 135 Å². The number of benzene rings is 3. The Morgan fingerprint density at radius 1 is 0.584 bits per heavy atom. The fourth-order valence-electron chi connectivity index (χ4n) is 13.9. The van der Waals surface area contributed by atoms with Crippen LogP contribution in [0.15, 0.2) is 91.4 Å². The number of nitrogens with zero attached hydrogens (tertiary/aromatic N) is 18. The van der Waals surface area contributed by atoms with Gasteiger partial charge in [0.1, 0.15) is 52.5 Å². The lowest BCUT2D eigenvalue weighted by atomic mass is 9.98. The predicted molar refractivity (Wildman–Crippen MR) is 480 cm³/mol. The topological polar surface area (TPSA) is 470 Å². The Morgan fingerprint density at radius 2 is 1.09 bits per heavy atom. The molecule has 0 aliphatic carbocycles. The van der Waals surface area contributed by atoms with Crippen LogP contribution in [-0.4, -0.2) is 282 Å². The summed E-state index contributed by atoms with van der Waals surface area (Å²) in [6, 6.07) is 18.6. The molecule has 3 fully saturated rings. The number of piperazine rings is 3. The zero-order valence-electron chi connectivity index (χ0n) is 71.5. The van der Waals surface area contributed by atoms with E-state index >= 15 is 0 Å². The number of hydrogen-bond acceptors (Lipinski definition) is 33. The summed E-state index contributed by atoms with van der Waals surface area (Å²) in [5, 5.41) is 56.7. The van der Waals surface area contributed by atoms with Gasteiger partial charge < -0.3 is 92.3 Å². The summed E-state index contributed by atoms with van der Waals surface area (Å²) in [6.45, 7) is 20.8. The van der Waals surface area contributed by atoms with Crippen LogP contribution in [0.5, 0.6) is 11.5 Å². The third-order valence-corrected chi connectivity index (χ3v) is 25.5. The number of thiazole rings is 1. The Morgan fingerprint density at radius 3 is 1.61 bits per heavy atom. The number of esters is 1. The summed E-state index contributed by atoms with van der Waals surface area (Å²) < 4.78 is 20.3. The number of aromatic hydroxyl groups is 2. The first-order chi connectivity index (χ1) is 60.4. The van der Waals surface area contributed by atoms with Crippen LogP contribution in [0.4, 0.5) is 40.3 Å². The molecule has 0 unspecified atom stereocenters. The van der Waals surface area contributed by atoms with Crippen LogP contribution in [0.1, 0.15) is 134 Å². The maximum Gasteiger partial charge on any atom is 0.306 e.